The summed E-state index contributed by atoms with van der Waals surface area (Å²) in [6, 6.07) is 11.1. The van der Waals surface area contributed by atoms with Gasteiger partial charge in [0.15, 0.2) is 0 Å². The van der Waals surface area contributed by atoms with Crippen LogP contribution in [-0.4, -0.2) is 17.0 Å². The van der Waals surface area contributed by atoms with E-state index in [2.05, 4.69) is 5.32 Å². The van der Waals surface area contributed by atoms with E-state index < -0.39 is 0 Å². The van der Waals surface area contributed by atoms with Gasteiger partial charge in [-0.15, -0.1) is 0 Å². The van der Waals surface area contributed by atoms with Crippen LogP contribution in [0.5, 0.6) is 0 Å². The molecule has 23 heavy (non-hydrogen) atoms. The average Bonchev–Trinajstić information content (AvgIpc) is 2.82. The lowest BCUT2D eigenvalue weighted by Gasteiger charge is -2.18. The second-order valence-electron chi connectivity index (χ2n) is 6.10. The van der Waals surface area contributed by atoms with E-state index in [0.717, 1.165) is 33.2 Å². The van der Waals surface area contributed by atoms with Crippen LogP contribution < -0.4 is 5.32 Å². The van der Waals surface area contributed by atoms with Gasteiger partial charge >= 0.3 is 0 Å². The molecule has 1 aliphatic heterocycles. The summed E-state index contributed by atoms with van der Waals surface area (Å²) in [6.07, 6.45) is 0. The number of hydrogen-bond acceptors (Lipinski definition) is 1. The predicted octanol–water partition coefficient (Wildman–Crippen LogP) is 3.81. The Bertz CT molecular complexity index is 938. The van der Waals surface area contributed by atoms with Gasteiger partial charge in [0.25, 0.3) is 5.91 Å². The van der Waals surface area contributed by atoms with Crippen molar-refractivity contribution >= 4 is 16.8 Å². The van der Waals surface area contributed by atoms with Crippen LogP contribution in [-0.2, 0) is 6.54 Å². The first kappa shape index (κ1) is 14.0. The zero-order valence-electron chi connectivity index (χ0n) is 13.1. The molecule has 0 unspecified atom stereocenters. The fraction of sp³-hybridized carbons (Fsp3) is 0.211. The Balaban J connectivity index is 2.10. The Morgan fingerprint density at radius 2 is 1.87 bits per heavy atom. The van der Waals surface area contributed by atoms with E-state index in [-0.39, 0.29) is 11.7 Å². The summed E-state index contributed by atoms with van der Waals surface area (Å²) in [7, 11) is 0. The number of hydrogen-bond donors (Lipinski definition) is 1. The third-order valence-electron chi connectivity index (χ3n) is 4.57. The van der Waals surface area contributed by atoms with Crippen LogP contribution in [0.15, 0.2) is 36.4 Å². The Hall–Kier alpha value is -2.62. The van der Waals surface area contributed by atoms with Crippen molar-refractivity contribution in [3.05, 3.63) is 59.0 Å². The van der Waals surface area contributed by atoms with Gasteiger partial charge in [-0.05, 0) is 37.1 Å². The first-order chi connectivity index (χ1) is 11.1. The van der Waals surface area contributed by atoms with Crippen molar-refractivity contribution in [1.29, 1.82) is 0 Å². The minimum Gasteiger partial charge on any atom is -0.349 e. The Kier molecular flexibility index (Phi) is 3.01. The summed E-state index contributed by atoms with van der Waals surface area (Å²) < 4.78 is 16.2. The maximum atomic E-state index is 14.2. The summed E-state index contributed by atoms with van der Waals surface area (Å²) in [5, 5.41) is 3.68. The largest absolute Gasteiger partial charge is 0.349 e. The summed E-state index contributed by atoms with van der Waals surface area (Å²) in [5.41, 5.74) is 5.39. The number of carbonyl (C=O) groups excluding carboxylic acids is 1. The highest BCUT2D eigenvalue weighted by molar-refractivity contribution is 6.06. The summed E-state index contributed by atoms with van der Waals surface area (Å²) in [6.45, 7) is 5.21. The van der Waals surface area contributed by atoms with Gasteiger partial charge in [0.1, 0.15) is 11.5 Å². The fourth-order valence-corrected chi connectivity index (χ4v) is 3.45. The number of rotatable bonds is 1. The molecule has 0 radical (unpaired) electrons. The molecule has 0 fully saturated rings. The zero-order valence-corrected chi connectivity index (χ0v) is 13.1. The first-order valence-corrected chi connectivity index (χ1v) is 7.74. The van der Waals surface area contributed by atoms with Gasteiger partial charge < -0.3 is 9.88 Å². The number of carbonyl (C=O) groups is 1. The van der Waals surface area contributed by atoms with Gasteiger partial charge in [-0.25, -0.2) is 4.39 Å². The van der Waals surface area contributed by atoms with Crippen molar-refractivity contribution < 1.29 is 9.18 Å². The van der Waals surface area contributed by atoms with E-state index in [1.54, 1.807) is 6.07 Å². The number of fused-ring (bicyclic) bond motifs is 3. The molecule has 4 heteroatoms. The molecule has 0 bridgehead atoms. The van der Waals surface area contributed by atoms with Gasteiger partial charge in [0, 0.05) is 24.0 Å². The zero-order chi connectivity index (χ0) is 16.1. The van der Waals surface area contributed by atoms with Gasteiger partial charge in [-0.3, -0.25) is 4.79 Å². The Labute approximate surface area is 133 Å². The monoisotopic (exact) mass is 308 g/mol. The standard InChI is InChI=1S/C19H17FN2O/c1-11-3-5-13(6-4-11)16-10-14(20)9-15-12(2)17-19(23)21-7-8-22(17)18(15)16/h3-6,9-10H,7-8H2,1-2H3,(H,21,23). The van der Waals surface area contributed by atoms with Crippen LogP contribution in [0.4, 0.5) is 4.39 Å². The molecule has 4 rings (SSSR count). The topological polar surface area (TPSA) is 34.0 Å². The van der Waals surface area contributed by atoms with E-state index >= 15 is 0 Å². The SMILES string of the molecule is Cc1ccc(-c2cc(F)cc3c(C)c4n(c23)CCNC4=O)cc1. The minimum atomic E-state index is -0.278. The fourth-order valence-electron chi connectivity index (χ4n) is 3.45. The maximum Gasteiger partial charge on any atom is 0.268 e. The molecule has 1 amide bonds. The number of amides is 1. The summed E-state index contributed by atoms with van der Waals surface area (Å²) in [5.74, 6) is -0.361. The van der Waals surface area contributed by atoms with E-state index in [9.17, 15) is 9.18 Å². The first-order valence-electron chi connectivity index (χ1n) is 7.74. The Morgan fingerprint density at radius 3 is 2.61 bits per heavy atom. The molecule has 0 saturated carbocycles. The third kappa shape index (κ3) is 2.05. The molecule has 0 aliphatic carbocycles. The van der Waals surface area contributed by atoms with Crippen LogP contribution in [0.2, 0.25) is 0 Å². The van der Waals surface area contributed by atoms with E-state index in [1.807, 2.05) is 42.7 Å². The second-order valence-corrected chi connectivity index (χ2v) is 6.10. The van der Waals surface area contributed by atoms with Crippen molar-refractivity contribution in [2.75, 3.05) is 6.54 Å². The summed E-state index contributed by atoms with van der Waals surface area (Å²) >= 11 is 0. The normalized spacial score (nSPS) is 14.0. The van der Waals surface area contributed by atoms with E-state index in [4.69, 9.17) is 0 Å². The maximum absolute atomic E-state index is 14.2. The lowest BCUT2D eigenvalue weighted by atomic mass is 10.0. The second kappa shape index (κ2) is 4.95. The van der Waals surface area contributed by atoms with Crippen LogP contribution in [0.25, 0.3) is 22.0 Å². The highest BCUT2D eigenvalue weighted by Gasteiger charge is 2.25. The molecular weight excluding hydrogens is 291 g/mol. The van der Waals surface area contributed by atoms with Crippen molar-refractivity contribution in [3.63, 3.8) is 0 Å². The molecule has 2 aromatic carbocycles. The lowest BCUT2D eigenvalue weighted by Crippen LogP contribution is -2.35. The third-order valence-corrected chi connectivity index (χ3v) is 4.57. The number of aromatic nitrogens is 1. The number of nitrogens with zero attached hydrogens (tertiary/aromatic N) is 1. The molecule has 1 N–H and O–H groups in total. The lowest BCUT2D eigenvalue weighted by molar-refractivity contribution is 0.0928. The quantitative estimate of drug-likeness (QED) is 0.729. The minimum absolute atomic E-state index is 0.0831. The van der Waals surface area contributed by atoms with Crippen molar-refractivity contribution in [1.82, 2.24) is 9.88 Å². The molecule has 1 aromatic heterocycles. The highest BCUT2D eigenvalue weighted by Crippen LogP contribution is 2.35. The molecule has 3 aromatic rings. The molecule has 0 atom stereocenters. The van der Waals surface area contributed by atoms with Crippen LogP contribution in [0, 0.1) is 19.7 Å². The van der Waals surface area contributed by atoms with Crippen molar-refractivity contribution in [2.24, 2.45) is 0 Å². The van der Waals surface area contributed by atoms with Gasteiger partial charge in [0.2, 0.25) is 0 Å². The van der Waals surface area contributed by atoms with E-state index in [0.29, 0.717) is 18.8 Å². The number of aryl methyl sites for hydroxylation is 2. The molecule has 116 valence electrons. The molecule has 1 aliphatic rings. The van der Waals surface area contributed by atoms with Crippen LogP contribution in [0.3, 0.4) is 0 Å². The Morgan fingerprint density at radius 1 is 1.13 bits per heavy atom. The molecule has 0 spiro atoms. The molecule has 0 saturated heterocycles. The van der Waals surface area contributed by atoms with Gasteiger partial charge in [0.05, 0.1) is 5.52 Å². The van der Waals surface area contributed by atoms with Crippen molar-refractivity contribution in [2.45, 2.75) is 20.4 Å². The highest BCUT2D eigenvalue weighted by atomic mass is 19.1. The average molecular weight is 308 g/mol. The number of halogens is 1. The van der Waals surface area contributed by atoms with Crippen molar-refractivity contribution in [3.8, 4) is 11.1 Å². The smallest absolute Gasteiger partial charge is 0.268 e. The predicted molar refractivity (Wildman–Crippen MR) is 89.1 cm³/mol. The molecular formula is C19H17FN2O. The van der Waals surface area contributed by atoms with Gasteiger partial charge in [-0.1, -0.05) is 29.8 Å². The van der Waals surface area contributed by atoms with Crippen LogP contribution in [0.1, 0.15) is 21.6 Å². The molecule has 2 heterocycles. The van der Waals surface area contributed by atoms with Crippen LogP contribution >= 0.6 is 0 Å². The van der Waals surface area contributed by atoms with E-state index in [1.165, 1.54) is 6.07 Å². The number of benzene rings is 2. The van der Waals surface area contributed by atoms with Gasteiger partial charge in [-0.2, -0.15) is 0 Å². The number of nitrogens with one attached hydrogen (secondary N) is 1. The molecule has 3 nitrogen and oxygen atoms in total. The summed E-state index contributed by atoms with van der Waals surface area (Å²) in [4.78, 5) is 12.2.